The van der Waals surface area contributed by atoms with Gasteiger partial charge in [0.15, 0.2) is 0 Å². The molecule has 9 nitrogen and oxygen atoms in total. The van der Waals surface area contributed by atoms with Crippen molar-refractivity contribution >= 4 is 47.3 Å². The molecule has 4 rings (SSSR count). The highest BCUT2D eigenvalue weighted by Crippen LogP contribution is 2.52. The number of carbonyl (C=O) groups is 4. The smallest absolute Gasteiger partial charge is 0.338 e. The molecule has 0 unspecified atom stereocenters. The van der Waals surface area contributed by atoms with Gasteiger partial charge in [-0.2, -0.15) is 0 Å². The Morgan fingerprint density at radius 3 is 1.52 bits per heavy atom. The van der Waals surface area contributed by atoms with Crippen LogP contribution >= 0.6 is 23.5 Å². The van der Waals surface area contributed by atoms with Crippen molar-refractivity contribution in [1.82, 2.24) is 9.80 Å². The van der Waals surface area contributed by atoms with Gasteiger partial charge in [0, 0.05) is 9.49 Å². The average molecular weight is 415 g/mol. The number of hydrogen-bond acceptors (Lipinski definition) is 9. The number of esters is 2. The van der Waals surface area contributed by atoms with E-state index in [-0.39, 0.29) is 22.6 Å². The lowest BCUT2D eigenvalue weighted by atomic mass is 9.95. The Balaban J connectivity index is 1.52. The van der Waals surface area contributed by atoms with Crippen molar-refractivity contribution in [3.63, 3.8) is 0 Å². The van der Waals surface area contributed by atoms with E-state index < -0.39 is 45.6 Å². The van der Waals surface area contributed by atoms with Crippen LogP contribution in [0, 0.1) is 0 Å². The quantitative estimate of drug-likeness (QED) is 0.325. The van der Waals surface area contributed by atoms with Crippen LogP contribution in [0.5, 0.6) is 0 Å². The monoisotopic (exact) mass is 414 g/mol. The maximum absolute atomic E-state index is 12.8. The minimum Gasteiger partial charge on any atom is -0.390 e. The van der Waals surface area contributed by atoms with Crippen molar-refractivity contribution < 1.29 is 23.9 Å². The molecule has 0 radical (unpaired) electrons. The molecule has 11 heteroatoms. The molecule has 4 N–H and O–H groups in total. The molecule has 0 aromatic heterocycles. The van der Waals surface area contributed by atoms with Crippen LogP contribution in [0.25, 0.3) is 0 Å². The van der Waals surface area contributed by atoms with Gasteiger partial charge in [0.2, 0.25) is 11.8 Å². The van der Waals surface area contributed by atoms with Gasteiger partial charge in [-0.1, -0.05) is 0 Å². The second-order valence-corrected chi connectivity index (χ2v) is 11.9. The highest BCUT2D eigenvalue weighted by Gasteiger charge is 2.65. The summed E-state index contributed by atoms with van der Waals surface area (Å²) in [4.78, 5) is 52.6. The highest BCUT2D eigenvalue weighted by molar-refractivity contribution is 8.02. The largest absolute Gasteiger partial charge is 0.390 e. The van der Waals surface area contributed by atoms with E-state index >= 15 is 0 Å². The molecule has 148 valence electrons. The van der Waals surface area contributed by atoms with Crippen molar-refractivity contribution in [1.29, 1.82) is 0 Å². The van der Waals surface area contributed by atoms with E-state index in [1.165, 1.54) is 33.3 Å². The van der Waals surface area contributed by atoms with E-state index in [0.717, 1.165) is 0 Å². The Morgan fingerprint density at radius 1 is 0.852 bits per heavy atom. The summed E-state index contributed by atoms with van der Waals surface area (Å²) in [6.45, 7) is 7.26. The van der Waals surface area contributed by atoms with E-state index in [2.05, 4.69) is 0 Å². The molecule has 27 heavy (non-hydrogen) atoms. The second kappa shape index (κ2) is 5.62. The van der Waals surface area contributed by atoms with Gasteiger partial charge in [-0.25, -0.2) is 9.59 Å². The molecule has 4 fully saturated rings. The minimum atomic E-state index is -0.897. The first-order valence-corrected chi connectivity index (χ1v) is 10.4. The fraction of sp³-hybridized carbons (Fsp3) is 0.750. The number of carbonyl (C=O) groups excluding carboxylic acids is 4. The summed E-state index contributed by atoms with van der Waals surface area (Å²) in [5.74, 6) is -2.23. The van der Waals surface area contributed by atoms with Gasteiger partial charge in [0.25, 0.3) is 0 Å². The van der Waals surface area contributed by atoms with E-state index in [9.17, 15) is 19.2 Å². The molecule has 0 spiro atoms. The zero-order valence-corrected chi connectivity index (χ0v) is 17.0. The van der Waals surface area contributed by atoms with Gasteiger partial charge in [0.05, 0.1) is 0 Å². The average Bonchev–Trinajstić information content (AvgIpc) is 3.00. The number of nitrogens with zero attached hydrogens (tertiary/aromatic N) is 2. The lowest BCUT2D eigenvalue weighted by Gasteiger charge is -2.43. The molecule has 0 saturated carbocycles. The van der Waals surface area contributed by atoms with E-state index in [1.54, 1.807) is 0 Å². The van der Waals surface area contributed by atoms with E-state index in [4.69, 9.17) is 16.2 Å². The molecule has 4 aliphatic heterocycles. The minimum absolute atomic E-state index is 0.294. The Hall–Kier alpha value is -1.30. The molecule has 4 aliphatic rings. The summed E-state index contributed by atoms with van der Waals surface area (Å²) < 4.78 is 3.92. The normalized spacial score (nSPS) is 40.8. The first kappa shape index (κ1) is 19.0. The van der Waals surface area contributed by atoms with E-state index in [0.29, 0.717) is 0 Å². The number of hydrogen-bond donors (Lipinski definition) is 2. The van der Waals surface area contributed by atoms with Crippen LogP contribution in [0.2, 0.25) is 0 Å². The summed E-state index contributed by atoms with van der Waals surface area (Å²) in [7, 11) is 0. The topological polar surface area (TPSA) is 136 Å². The third kappa shape index (κ3) is 2.41. The predicted octanol–water partition coefficient (Wildman–Crippen LogP) is -1.16. The van der Waals surface area contributed by atoms with Crippen LogP contribution < -0.4 is 11.5 Å². The number of β-lactam (4-membered cyclic amide) rings is 2. The van der Waals surface area contributed by atoms with E-state index in [1.807, 2.05) is 27.7 Å². The van der Waals surface area contributed by atoms with Crippen molar-refractivity contribution in [2.45, 2.75) is 72.1 Å². The van der Waals surface area contributed by atoms with Crippen LogP contribution in [0.15, 0.2) is 0 Å². The van der Waals surface area contributed by atoms with Gasteiger partial charge in [-0.05, 0) is 27.7 Å². The number of rotatable bonds is 2. The lowest BCUT2D eigenvalue weighted by molar-refractivity contribution is -0.176. The standard InChI is InChI=1S/C16H22N4O5S2/c1-15(2)7(19-9(21)5(17)11(19)26-15)13(23)25-14(24)8-16(3,4)27-12-6(18)10(22)20(8)12/h5-8,11-12H,17-18H2,1-4H3/t5-,6-,7+,8+,11-,12-/m1/s1. The molecule has 4 saturated heterocycles. The van der Waals surface area contributed by atoms with Crippen LogP contribution in [0.3, 0.4) is 0 Å². The first-order valence-electron chi connectivity index (χ1n) is 8.65. The molecule has 0 aromatic carbocycles. The fourth-order valence-electron chi connectivity index (χ4n) is 4.26. The number of fused-ring (bicyclic) bond motifs is 2. The Labute approximate surface area is 164 Å². The maximum atomic E-state index is 12.8. The third-order valence-corrected chi connectivity index (χ3v) is 8.80. The van der Waals surface area contributed by atoms with Crippen LogP contribution in [-0.2, 0) is 23.9 Å². The van der Waals surface area contributed by atoms with Gasteiger partial charge in [0.1, 0.15) is 34.9 Å². The predicted molar refractivity (Wildman–Crippen MR) is 99.2 cm³/mol. The molecule has 0 aliphatic carbocycles. The Bertz CT molecular complexity index is 710. The van der Waals surface area contributed by atoms with Gasteiger partial charge >= 0.3 is 11.9 Å². The van der Waals surface area contributed by atoms with Gasteiger partial charge < -0.3 is 26.0 Å². The second-order valence-electron chi connectivity index (χ2n) is 8.31. The molecule has 6 atom stereocenters. The third-order valence-electron chi connectivity index (χ3n) is 5.61. The molecule has 4 heterocycles. The SMILES string of the molecule is CC1(C)S[C@@H]2[C@H](N)C(=O)N2[C@H]1C(=O)OC(=O)[C@@H]1N2C(=O)[C@@H](N)[C@H]2SC1(C)C. The van der Waals surface area contributed by atoms with Crippen LogP contribution in [0.1, 0.15) is 27.7 Å². The van der Waals surface area contributed by atoms with Crippen molar-refractivity contribution in [3.05, 3.63) is 0 Å². The van der Waals surface area contributed by atoms with Gasteiger partial charge in [-0.3, -0.25) is 9.59 Å². The fourth-order valence-corrected chi connectivity index (χ4v) is 7.38. The van der Waals surface area contributed by atoms with Crippen LogP contribution in [0.4, 0.5) is 0 Å². The summed E-state index contributed by atoms with van der Waals surface area (Å²) in [5.41, 5.74) is 11.6. The summed E-state index contributed by atoms with van der Waals surface area (Å²) in [6.07, 6.45) is 0. The van der Waals surface area contributed by atoms with Crippen molar-refractivity contribution in [2.24, 2.45) is 11.5 Å². The first-order chi connectivity index (χ1) is 12.4. The molecule has 0 aromatic rings. The number of nitrogens with two attached hydrogens (primary N) is 2. The molecule has 0 bridgehead atoms. The zero-order chi connectivity index (χ0) is 20.0. The molecular weight excluding hydrogens is 392 g/mol. The summed E-state index contributed by atoms with van der Waals surface area (Å²) >= 11 is 2.84. The Kier molecular flexibility index (Phi) is 3.96. The van der Waals surface area contributed by atoms with Crippen molar-refractivity contribution in [2.75, 3.05) is 0 Å². The van der Waals surface area contributed by atoms with Crippen LogP contribution in [-0.4, -0.2) is 78.0 Å². The summed E-state index contributed by atoms with van der Waals surface area (Å²) in [6, 6.07) is -3.08. The molecular formula is C16H22N4O5S2. The maximum Gasteiger partial charge on any atom is 0.338 e. The number of ether oxygens (including phenoxy) is 1. The number of amides is 2. The summed E-state index contributed by atoms with van der Waals surface area (Å²) in [5, 5.41) is -0.587. The van der Waals surface area contributed by atoms with Crippen molar-refractivity contribution in [3.8, 4) is 0 Å². The number of thioether (sulfide) groups is 2. The lowest BCUT2D eigenvalue weighted by Crippen LogP contribution is -2.70. The highest BCUT2D eigenvalue weighted by atomic mass is 32.2. The molecule has 2 amide bonds. The Morgan fingerprint density at radius 2 is 1.19 bits per heavy atom. The van der Waals surface area contributed by atoms with Gasteiger partial charge in [-0.15, -0.1) is 23.5 Å². The zero-order valence-electron chi connectivity index (χ0n) is 15.4.